The molecule has 9 nitrogen and oxygen atoms in total. The molecule has 2 N–H and O–H groups in total. The molecule has 0 aliphatic carbocycles. The fourth-order valence-electron chi connectivity index (χ4n) is 5.97. The molecule has 9 heteroatoms. The van der Waals surface area contributed by atoms with E-state index in [0.29, 0.717) is 63.0 Å². The molecule has 1 saturated heterocycles. The van der Waals surface area contributed by atoms with Gasteiger partial charge in [0.2, 0.25) is 5.91 Å². The monoisotopic (exact) mass is 550 g/mol. The van der Waals surface area contributed by atoms with Crippen LogP contribution in [-0.4, -0.2) is 57.6 Å². The second-order valence-corrected chi connectivity index (χ2v) is 10.7. The topological polar surface area (TPSA) is 121 Å². The van der Waals surface area contributed by atoms with E-state index in [2.05, 4.69) is 5.16 Å². The van der Waals surface area contributed by atoms with Gasteiger partial charge in [-0.3, -0.25) is 19.0 Å². The summed E-state index contributed by atoms with van der Waals surface area (Å²) in [6.45, 7) is 8.44. The quantitative estimate of drug-likeness (QED) is 0.332. The van der Waals surface area contributed by atoms with Crippen LogP contribution in [0, 0.1) is 13.8 Å². The summed E-state index contributed by atoms with van der Waals surface area (Å²) < 4.78 is 12.8. The molecule has 0 spiro atoms. The van der Waals surface area contributed by atoms with Gasteiger partial charge < -0.3 is 19.9 Å². The van der Waals surface area contributed by atoms with Crippen LogP contribution >= 0.6 is 0 Å². The minimum Gasteiger partial charge on any atom is -0.372 e. The average Bonchev–Trinajstić information content (AvgIpc) is 3.46. The number of fused-ring (bicyclic) bond motifs is 3. The molecule has 1 fully saturated rings. The van der Waals surface area contributed by atoms with Crippen molar-refractivity contribution in [1.82, 2.24) is 14.6 Å². The van der Waals surface area contributed by atoms with Crippen LogP contribution in [0.3, 0.4) is 0 Å². The molecular formula is C32H30N4O5. The van der Waals surface area contributed by atoms with Crippen LogP contribution in [0.4, 0.5) is 0 Å². The van der Waals surface area contributed by atoms with Crippen molar-refractivity contribution in [1.29, 1.82) is 0 Å². The van der Waals surface area contributed by atoms with E-state index in [9.17, 15) is 14.4 Å². The molecule has 6 rings (SSSR count). The number of carbonyl (C=O) groups excluding carboxylic acids is 3. The van der Waals surface area contributed by atoms with Crippen LogP contribution in [0.2, 0.25) is 0 Å². The highest BCUT2D eigenvalue weighted by atomic mass is 16.5. The summed E-state index contributed by atoms with van der Waals surface area (Å²) in [6, 6.07) is 17.7. The van der Waals surface area contributed by atoms with Crippen molar-refractivity contribution in [2.75, 3.05) is 13.1 Å². The smallest absolute Gasteiger partial charge is 0.262 e. The number of hydrogen-bond donors (Lipinski definition) is 1. The molecule has 3 heterocycles. The number of rotatable bonds is 4. The first-order valence-electron chi connectivity index (χ1n) is 13.5. The highest BCUT2D eigenvalue weighted by molar-refractivity contribution is 6.23. The van der Waals surface area contributed by atoms with Crippen molar-refractivity contribution < 1.29 is 23.6 Å². The van der Waals surface area contributed by atoms with E-state index in [-0.39, 0.29) is 29.6 Å². The van der Waals surface area contributed by atoms with Crippen LogP contribution in [-0.2, 0) is 4.74 Å². The van der Waals surface area contributed by atoms with E-state index in [1.807, 2.05) is 32.9 Å². The van der Waals surface area contributed by atoms with Gasteiger partial charge in [0.25, 0.3) is 11.8 Å². The third-order valence-electron chi connectivity index (χ3n) is 7.63. The number of benzene rings is 3. The van der Waals surface area contributed by atoms with E-state index in [4.69, 9.17) is 15.0 Å². The molecule has 2 aromatic heterocycles. The van der Waals surface area contributed by atoms with E-state index < -0.39 is 5.91 Å². The Morgan fingerprint density at radius 2 is 1.59 bits per heavy atom. The van der Waals surface area contributed by atoms with Crippen LogP contribution in [0.25, 0.3) is 32.9 Å². The number of hydrogen-bond acceptors (Lipinski definition) is 6. The zero-order valence-corrected chi connectivity index (χ0v) is 23.3. The second kappa shape index (κ2) is 10.0. The van der Waals surface area contributed by atoms with Gasteiger partial charge in [-0.2, -0.15) is 0 Å². The van der Waals surface area contributed by atoms with Crippen LogP contribution in [0.1, 0.15) is 56.4 Å². The number of ether oxygens (including phenoxy) is 1. The fourth-order valence-corrected chi connectivity index (χ4v) is 5.97. The molecule has 0 radical (unpaired) electrons. The molecule has 0 saturated carbocycles. The molecule has 1 aliphatic heterocycles. The Labute approximate surface area is 236 Å². The third kappa shape index (κ3) is 4.48. The maximum Gasteiger partial charge on any atom is 0.262 e. The van der Waals surface area contributed by atoms with Crippen molar-refractivity contribution in [3.63, 3.8) is 0 Å². The number of nitrogens with zero attached hydrogens (tertiary/aromatic N) is 3. The average molecular weight is 551 g/mol. The highest BCUT2D eigenvalue weighted by Gasteiger charge is 2.29. The summed E-state index contributed by atoms with van der Waals surface area (Å²) in [7, 11) is 0. The molecule has 208 valence electrons. The first-order chi connectivity index (χ1) is 19.6. The van der Waals surface area contributed by atoms with E-state index in [0.717, 1.165) is 5.56 Å². The summed E-state index contributed by atoms with van der Waals surface area (Å²) >= 11 is 0. The normalized spacial score (nSPS) is 17.3. The largest absolute Gasteiger partial charge is 0.372 e. The van der Waals surface area contributed by atoms with Crippen LogP contribution in [0.15, 0.2) is 65.2 Å². The molecule has 1 aliphatic rings. The zero-order valence-electron chi connectivity index (χ0n) is 23.3. The number of carbonyl (C=O) groups is 3. The summed E-state index contributed by atoms with van der Waals surface area (Å²) in [5, 5.41) is 5.16. The highest BCUT2D eigenvalue weighted by Crippen LogP contribution is 2.38. The van der Waals surface area contributed by atoms with Crippen LogP contribution < -0.4 is 5.73 Å². The Kier molecular flexibility index (Phi) is 6.46. The van der Waals surface area contributed by atoms with Crippen LogP contribution in [0.5, 0.6) is 0 Å². The summed E-state index contributed by atoms with van der Waals surface area (Å²) in [5.41, 5.74) is 10.2. The first-order valence-corrected chi connectivity index (χ1v) is 13.5. The Balaban J connectivity index is 1.64. The predicted octanol–water partition coefficient (Wildman–Crippen LogP) is 5.10. The van der Waals surface area contributed by atoms with Crippen molar-refractivity contribution in [3.05, 3.63) is 88.8 Å². The van der Waals surface area contributed by atoms with Gasteiger partial charge in [0.15, 0.2) is 0 Å². The summed E-state index contributed by atoms with van der Waals surface area (Å²) in [4.78, 5) is 42.4. The van der Waals surface area contributed by atoms with E-state index >= 15 is 0 Å². The Hall–Kier alpha value is -4.76. The lowest BCUT2D eigenvalue weighted by Crippen LogP contribution is -2.48. The van der Waals surface area contributed by atoms with Gasteiger partial charge in [-0.05, 0) is 75.7 Å². The van der Waals surface area contributed by atoms with Gasteiger partial charge in [-0.25, -0.2) is 0 Å². The van der Waals surface area contributed by atoms with Gasteiger partial charge in [0.05, 0.1) is 28.9 Å². The predicted molar refractivity (Wildman–Crippen MR) is 155 cm³/mol. The van der Waals surface area contributed by atoms with E-state index in [1.54, 1.807) is 64.9 Å². The fraction of sp³-hybridized carbons (Fsp3) is 0.250. The lowest BCUT2D eigenvalue weighted by Gasteiger charge is -2.35. The number of aromatic nitrogens is 2. The molecule has 0 unspecified atom stereocenters. The lowest BCUT2D eigenvalue weighted by molar-refractivity contribution is -0.0586. The Morgan fingerprint density at radius 3 is 2.22 bits per heavy atom. The van der Waals surface area contributed by atoms with Gasteiger partial charge in [-0.15, -0.1) is 0 Å². The lowest BCUT2D eigenvalue weighted by atomic mass is 9.97. The molecular weight excluding hydrogens is 520 g/mol. The minimum absolute atomic E-state index is 0.0824. The second-order valence-electron chi connectivity index (χ2n) is 10.7. The number of morpholine rings is 1. The SMILES string of the molecule is Cc1noc(C)c1-c1cc(C(N)=O)c2c3cc(C(=O)N4C[C@@H](C)O[C@@H](C)C4)ccc3n(C(=O)c3ccccc3)c2c1. The maximum absolute atomic E-state index is 14.0. The molecule has 3 aromatic carbocycles. The van der Waals surface area contributed by atoms with Gasteiger partial charge in [0, 0.05) is 46.1 Å². The van der Waals surface area contributed by atoms with Crippen molar-refractivity contribution in [3.8, 4) is 11.1 Å². The molecule has 2 amide bonds. The minimum atomic E-state index is -0.651. The number of primary amides is 1. The van der Waals surface area contributed by atoms with Crippen molar-refractivity contribution in [2.45, 2.75) is 39.9 Å². The summed E-state index contributed by atoms with van der Waals surface area (Å²) in [5.74, 6) is -0.484. The van der Waals surface area contributed by atoms with Gasteiger partial charge >= 0.3 is 0 Å². The Morgan fingerprint density at radius 1 is 0.878 bits per heavy atom. The summed E-state index contributed by atoms with van der Waals surface area (Å²) in [6.07, 6.45) is -0.165. The standard InChI is InChI=1S/C32H30N4O5/c1-17-15-35(16-18(2)40-17)31(38)22-10-11-26-24(12-22)29-25(30(33)37)13-23(28-19(3)34-41-20(28)4)14-27(29)36(26)32(39)21-8-6-5-7-9-21/h5-14,17-18H,15-16H2,1-4H3,(H2,33,37)/t17-,18+. The van der Waals surface area contributed by atoms with Gasteiger partial charge in [0.1, 0.15) is 5.76 Å². The van der Waals surface area contributed by atoms with E-state index in [1.165, 1.54) is 0 Å². The molecule has 41 heavy (non-hydrogen) atoms. The van der Waals surface area contributed by atoms with Crippen molar-refractivity contribution >= 4 is 39.5 Å². The molecule has 0 bridgehead atoms. The maximum atomic E-state index is 14.0. The number of nitrogens with two attached hydrogens (primary N) is 1. The number of amides is 2. The zero-order chi connectivity index (χ0) is 29.0. The Bertz CT molecular complexity index is 1820. The number of aryl methyl sites for hydroxylation is 2. The third-order valence-corrected chi connectivity index (χ3v) is 7.63. The first kappa shape index (κ1) is 26.5. The molecule has 5 aromatic rings. The van der Waals surface area contributed by atoms with Gasteiger partial charge in [-0.1, -0.05) is 23.4 Å². The van der Waals surface area contributed by atoms with Crippen molar-refractivity contribution in [2.24, 2.45) is 5.73 Å². The molecule has 2 atom stereocenters.